The largest absolute Gasteiger partial charge is 0.437 e. The van der Waals surface area contributed by atoms with Gasteiger partial charge in [0, 0.05) is 6.07 Å². The fourth-order valence-electron chi connectivity index (χ4n) is 1.19. The van der Waals surface area contributed by atoms with Crippen LogP contribution in [0.25, 0.3) is 0 Å². The molecule has 0 aliphatic rings. The van der Waals surface area contributed by atoms with Gasteiger partial charge in [-0.15, -0.1) is 0 Å². The van der Waals surface area contributed by atoms with Gasteiger partial charge in [-0.3, -0.25) is 0 Å². The molecule has 0 fully saturated rings. The second kappa shape index (κ2) is 5.41. The Hall–Kier alpha value is -0.870. The van der Waals surface area contributed by atoms with Crippen molar-refractivity contribution in [2.75, 3.05) is 5.73 Å². The Balaban J connectivity index is 2.34. The number of nitrogen functional groups attached to an aromatic ring is 1. The monoisotopic (exact) mass is 322 g/mol. The molecule has 0 amide bonds. The van der Waals surface area contributed by atoms with Gasteiger partial charge in [0.2, 0.25) is 5.88 Å². The Morgan fingerprint density at radius 1 is 0.889 bits per heavy atom. The standard InChI is InChI=1S/C11H6Cl4N2O/c12-6-2-1-5(3-7(6)13)18-11-9(15)4-8(14)10(16)17-11/h1-4H,(H2,16,17). The van der Waals surface area contributed by atoms with Crippen molar-refractivity contribution in [1.29, 1.82) is 0 Å². The normalized spacial score (nSPS) is 10.4. The van der Waals surface area contributed by atoms with Crippen molar-refractivity contribution in [2.45, 2.75) is 0 Å². The number of hydrogen-bond donors (Lipinski definition) is 1. The molecule has 0 saturated carbocycles. The zero-order chi connectivity index (χ0) is 13.3. The number of pyridine rings is 1. The number of anilines is 1. The third kappa shape index (κ3) is 2.93. The van der Waals surface area contributed by atoms with Gasteiger partial charge in [-0.25, -0.2) is 0 Å². The second-order valence-electron chi connectivity index (χ2n) is 3.32. The summed E-state index contributed by atoms with van der Waals surface area (Å²) in [6, 6.07) is 6.24. The van der Waals surface area contributed by atoms with Crippen LogP contribution in [0.1, 0.15) is 0 Å². The summed E-state index contributed by atoms with van der Waals surface area (Å²) < 4.78 is 5.46. The lowest BCUT2D eigenvalue weighted by atomic mass is 10.3. The first-order valence-corrected chi connectivity index (χ1v) is 6.23. The van der Waals surface area contributed by atoms with E-state index in [9.17, 15) is 0 Å². The molecule has 3 nitrogen and oxygen atoms in total. The molecule has 1 aromatic carbocycles. The summed E-state index contributed by atoms with van der Waals surface area (Å²) in [5.41, 5.74) is 5.57. The molecule has 18 heavy (non-hydrogen) atoms. The van der Waals surface area contributed by atoms with Gasteiger partial charge in [0.15, 0.2) is 0 Å². The molecule has 0 aliphatic carbocycles. The molecule has 0 spiro atoms. The van der Waals surface area contributed by atoms with E-state index in [1.807, 2.05) is 0 Å². The van der Waals surface area contributed by atoms with E-state index in [-0.39, 0.29) is 21.7 Å². The Kier molecular flexibility index (Phi) is 4.07. The second-order valence-corrected chi connectivity index (χ2v) is 4.95. The maximum Gasteiger partial charge on any atom is 0.240 e. The summed E-state index contributed by atoms with van der Waals surface area (Å²) >= 11 is 23.4. The Bertz CT molecular complexity index is 604. The Labute approximate surface area is 123 Å². The summed E-state index contributed by atoms with van der Waals surface area (Å²) in [6.45, 7) is 0. The van der Waals surface area contributed by atoms with Crippen LogP contribution in [0.15, 0.2) is 24.3 Å². The van der Waals surface area contributed by atoms with Crippen LogP contribution in [0, 0.1) is 0 Å². The van der Waals surface area contributed by atoms with Crippen LogP contribution in [0.4, 0.5) is 5.82 Å². The molecule has 0 aliphatic heterocycles. The molecular weight excluding hydrogens is 318 g/mol. The number of nitrogens with two attached hydrogens (primary N) is 1. The molecule has 7 heteroatoms. The predicted octanol–water partition coefficient (Wildman–Crippen LogP) is 5.07. The van der Waals surface area contributed by atoms with Crippen molar-refractivity contribution >= 4 is 52.2 Å². The van der Waals surface area contributed by atoms with Crippen molar-refractivity contribution in [2.24, 2.45) is 0 Å². The number of nitrogens with zero attached hydrogens (tertiary/aromatic N) is 1. The van der Waals surface area contributed by atoms with E-state index in [0.29, 0.717) is 15.8 Å². The average Bonchev–Trinajstić information content (AvgIpc) is 2.31. The first kappa shape index (κ1) is 13.6. The lowest BCUT2D eigenvalue weighted by Gasteiger charge is -2.08. The van der Waals surface area contributed by atoms with Crippen LogP contribution < -0.4 is 10.5 Å². The highest BCUT2D eigenvalue weighted by Crippen LogP contribution is 2.34. The molecule has 0 atom stereocenters. The minimum absolute atomic E-state index is 0.135. The molecule has 94 valence electrons. The van der Waals surface area contributed by atoms with E-state index in [4.69, 9.17) is 56.9 Å². The van der Waals surface area contributed by atoms with Gasteiger partial charge in [0.25, 0.3) is 0 Å². The van der Waals surface area contributed by atoms with Gasteiger partial charge in [0.1, 0.15) is 16.6 Å². The Morgan fingerprint density at radius 3 is 2.28 bits per heavy atom. The highest BCUT2D eigenvalue weighted by Gasteiger charge is 2.10. The highest BCUT2D eigenvalue weighted by atomic mass is 35.5. The number of benzene rings is 1. The number of aromatic nitrogens is 1. The van der Waals surface area contributed by atoms with Gasteiger partial charge < -0.3 is 10.5 Å². The number of hydrogen-bond acceptors (Lipinski definition) is 3. The Morgan fingerprint density at radius 2 is 1.61 bits per heavy atom. The van der Waals surface area contributed by atoms with Crippen LogP contribution in [0.2, 0.25) is 20.1 Å². The molecule has 0 saturated heterocycles. The van der Waals surface area contributed by atoms with Crippen molar-refractivity contribution in [1.82, 2.24) is 4.98 Å². The van der Waals surface area contributed by atoms with Crippen molar-refractivity contribution in [3.63, 3.8) is 0 Å². The van der Waals surface area contributed by atoms with Gasteiger partial charge in [-0.05, 0) is 18.2 Å². The smallest absolute Gasteiger partial charge is 0.240 e. The van der Waals surface area contributed by atoms with E-state index in [0.717, 1.165) is 0 Å². The topological polar surface area (TPSA) is 48.1 Å². The van der Waals surface area contributed by atoms with E-state index < -0.39 is 0 Å². The molecule has 0 unspecified atom stereocenters. The summed E-state index contributed by atoms with van der Waals surface area (Å²) in [4.78, 5) is 3.94. The summed E-state index contributed by atoms with van der Waals surface area (Å²) in [7, 11) is 0. The summed E-state index contributed by atoms with van der Waals surface area (Å²) in [5, 5.41) is 1.31. The fourth-order valence-corrected chi connectivity index (χ4v) is 1.87. The van der Waals surface area contributed by atoms with Crippen LogP contribution in [-0.4, -0.2) is 4.98 Å². The van der Waals surface area contributed by atoms with Crippen LogP contribution >= 0.6 is 46.4 Å². The molecule has 2 rings (SSSR count). The minimum Gasteiger partial charge on any atom is -0.437 e. The maximum atomic E-state index is 5.94. The number of halogens is 4. The third-order valence-corrected chi connectivity index (χ3v) is 3.34. The molecule has 2 aromatic rings. The van der Waals surface area contributed by atoms with Crippen LogP contribution in [-0.2, 0) is 0 Å². The summed E-state index contributed by atoms with van der Waals surface area (Å²) in [5.74, 6) is 0.730. The van der Waals surface area contributed by atoms with Crippen molar-refractivity contribution in [3.05, 3.63) is 44.4 Å². The third-order valence-electron chi connectivity index (χ3n) is 2.03. The highest BCUT2D eigenvalue weighted by molar-refractivity contribution is 6.42. The molecular formula is C11H6Cl4N2O. The quantitative estimate of drug-likeness (QED) is 0.839. The zero-order valence-electron chi connectivity index (χ0n) is 8.75. The van der Waals surface area contributed by atoms with E-state index in [1.54, 1.807) is 18.2 Å². The number of rotatable bonds is 2. The average molecular weight is 324 g/mol. The zero-order valence-corrected chi connectivity index (χ0v) is 11.8. The fraction of sp³-hybridized carbons (Fsp3) is 0. The van der Waals surface area contributed by atoms with E-state index in [1.165, 1.54) is 6.07 Å². The van der Waals surface area contributed by atoms with Gasteiger partial charge >= 0.3 is 0 Å². The number of ether oxygens (including phenoxy) is 1. The molecule has 0 radical (unpaired) electrons. The SMILES string of the molecule is Nc1nc(Oc2ccc(Cl)c(Cl)c2)c(Cl)cc1Cl. The van der Waals surface area contributed by atoms with Crippen molar-refractivity contribution in [3.8, 4) is 11.6 Å². The van der Waals surface area contributed by atoms with E-state index >= 15 is 0 Å². The van der Waals surface area contributed by atoms with E-state index in [2.05, 4.69) is 4.98 Å². The summed E-state index contributed by atoms with van der Waals surface area (Å²) in [6.07, 6.45) is 0. The molecule has 2 N–H and O–H groups in total. The first-order chi connectivity index (χ1) is 8.47. The maximum absolute atomic E-state index is 5.94. The lowest BCUT2D eigenvalue weighted by Crippen LogP contribution is -1.95. The molecule has 1 heterocycles. The first-order valence-electron chi connectivity index (χ1n) is 4.72. The minimum atomic E-state index is 0.135. The van der Waals surface area contributed by atoms with Gasteiger partial charge in [-0.2, -0.15) is 4.98 Å². The molecule has 1 aromatic heterocycles. The van der Waals surface area contributed by atoms with Crippen LogP contribution in [0.3, 0.4) is 0 Å². The van der Waals surface area contributed by atoms with Crippen molar-refractivity contribution < 1.29 is 4.74 Å². The van der Waals surface area contributed by atoms with Crippen LogP contribution in [0.5, 0.6) is 11.6 Å². The predicted molar refractivity (Wildman–Crippen MR) is 75.2 cm³/mol. The van der Waals surface area contributed by atoms with Gasteiger partial charge in [-0.1, -0.05) is 46.4 Å². The van der Waals surface area contributed by atoms with Gasteiger partial charge in [0.05, 0.1) is 15.1 Å². The lowest BCUT2D eigenvalue weighted by molar-refractivity contribution is 0.464. The molecule has 0 bridgehead atoms.